The molecule has 3 nitrogen and oxygen atoms in total. The van der Waals surface area contributed by atoms with E-state index in [2.05, 4.69) is 41.5 Å². The minimum Gasteiger partial charge on any atom is -0.378 e. The number of rotatable bonds is 2. The van der Waals surface area contributed by atoms with Crippen molar-refractivity contribution in [1.29, 1.82) is 0 Å². The predicted molar refractivity (Wildman–Crippen MR) is 77.5 cm³/mol. The molecule has 19 heavy (non-hydrogen) atoms. The summed E-state index contributed by atoms with van der Waals surface area (Å²) in [5.41, 5.74) is 2.87. The Morgan fingerprint density at radius 3 is 2.42 bits per heavy atom. The first-order valence-electron chi connectivity index (χ1n) is 7.42. The molecule has 0 aromatic heterocycles. The molecule has 1 aromatic carbocycles. The fourth-order valence-electron chi connectivity index (χ4n) is 3.12. The van der Waals surface area contributed by atoms with Gasteiger partial charge in [-0.2, -0.15) is 0 Å². The van der Waals surface area contributed by atoms with Crippen molar-refractivity contribution in [3.05, 3.63) is 35.4 Å². The lowest BCUT2D eigenvalue weighted by atomic mass is 9.88. The summed E-state index contributed by atoms with van der Waals surface area (Å²) in [7, 11) is 2.22. The summed E-state index contributed by atoms with van der Waals surface area (Å²) in [6.45, 7) is 5.05. The second-order valence-corrected chi connectivity index (χ2v) is 5.83. The van der Waals surface area contributed by atoms with E-state index >= 15 is 0 Å². The van der Waals surface area contributed by atoms with E-state index in [1.807, 2.05) is 0 Å². The van der Waals surface area contributed by atoms with Gasteiger partial charge >= 0.3 is 0 Å². The van der Waals surface area contributed by atoms with Gasteiger partial charge in [-0.05, 0) is 50.0 Å². The van der Waals surface area contributed by atoms with Gasteiger partial charge in [-0.1, -0.05) is 24.3 Å². The van der Waals surface area contributed by atoms with E-state index in [-0.39, 0.29) is 0 Å². The first-order valence-corrected chi connectivity index (χ1v) is 7.42. The number of hydrogen-bond acceptors (Lipinski definition) is 3. The number of ether oxygens (including phenoxy) is 1. The fourth-order valence-corrected chi connectivity index (χ4v) is 3.12. The average Bonchev–Trinajstić information content (AvgIpc) is 2.49. The summed E-state index contributed by atoms with van der Waals surface area (Å²) >= 11 is 0. The Labute approximate surface area is 115 Å². The zero-order chi connectivity index (χ0) is 13.1. The summed E-state index contributed by atoms with van der Waals surface area (Å²) in [6, 6.07) is 9.57. The molecule has 0 amide bonds. The molecular weight excluding hydrogens is 236 g/mol. The van der Waals surface area contributed by atoms with Crippen molar-refractivity contribution in [2.24, 2.45) is 0 Å². The van der Waals surface area contributed by atoms with Crippen molar-refractivity contribution in [1.82, 2.24) is 10.2 Å². The molecule has 2 aliphatic heterocycles. The largest absolute Gasteiger partial charge is 0.378 e. The third-order valence-electron chi connectivity index (χ3n) is 4.45. The van der Waals surface area contributed by atoms with Crippen molar-refractivity contribution >= 4 is 0 Å². The molecule has 2 aliphatic rings. The summed E-state index contributed by atoms with van der Waals surface area (Å²) in [6.07, 6.45) is 2.58. The van der Waals surface area contributed by atoms with Crippen LogP contribution in [-0.4, -0.2) is 44.8 Å². The number of hydrogen-bond donors (Lipinski definition) is 1. The van der Waals surface area contributed by atoms with E-state index in [1.165, 1.54) is 37.1 Å². The molecule has 3 heteroatoms. The Kier molecular flexibility index (Phi) is 4.16. The Balaban J connectivity index is 1.65. The van der Waals surface area contributed by atoms with Crippen LogP contribution in [-0.2, 0) is 4.74 Å². The molecule has 2 saturated heterocycles. The molecule has 1 aromatic rings. The summed E-state index contributed by atoms with van der Waals surface area (Å²) < 4.78 is 5.53. The smallest absolute Gasteiger partial charge is 0.0662 e. The minimum absolute atomic E-state index is 0.375. The van der Waals surface area contributed by atoms with Gasteiger partial charge in [0.25, 0.3) is 0 Å². The van der Waals surface area contributed by atoms with Crippen molar-refractivity contribution in [2.75, 3.05) is 39.9 Å². The molecule has 3 rings (SSSR count). The van der Waals surface area contributed by atoms with Crippen molar-refractivity contribution in [3.8, 4) is 0 Å². The van der Waals surface area contributed by atoms with Gasteiger partial charge in [0.15, 0.2) is 0 Å². The van der Waals surface area contributed by atoms with Gasteiger partial charge in [-0.3, -0.25) is 0 Å². The average molecular weight is 260 g/mol. The Morgan fingerprint density at radius 2 is 1.79 bits per heavy atom. The van der Waals surface area contributed by atoms with E-state index in [4.69, 9.17) is 4.74 Å². The summed E-state index contributed by atoms with van der Waals surface area (Å²) in [5, 5.41) is 3.51. The minimum atomic E-state index is 0.375. The molecule has 1 unspecified atom stereocenters. The maximum Gasteiger partial charge on any atom is 0.0662 e. The van der Waals surface area contributed by atoms with Crippen molar-refractivity contribution in [2.45, 2.75) is 24.8 Å². The molecule has 0 saturated carbocycles. The van der Waals surface area contributed by atoms with Gasteiger partial charge in [-0.15, -0.1) is 0 Å². The molecule has 0 bridgehead atoms. The fraction of sp³-hybridized carbons (Fsp3) is 0.625. The molecule has 2 fully saturated rings. The van der Waals surface area contributed by atoms with Gasteiger partial charge in [0, 0.05) is 6.54 Å². The zero-order valence-electron chi connectivity index (χ0n) is 11.8. The number of morpholine rings is 1. The van der Waals surface area contributed by atoms with Crippen molar-refractivity contribution < 1.29 is 4.74 Å². The Hall–Kier alpha value is -0.900. The lowest BCUT2D eigenvalue weighted by molar-refractivity contribution is 0.0769. The van der Waals surface area contributed by atoms with Gasteiger partial charge in [0.05, 0.1) is 19.3 Å². The summed E-state index contributed by atoms with van der Waals surface area (Å²) in [5.74, 6) is 0.751. The maximum atomic E-state index is 5.53. The molecule has 104 valence electrons. The predicted octanol–water partition coefficient (Wildman–Crippen LogP) is 2.16. The van der Waals surface area contributed by atoms with Crippen LogP contribution in [0.5, 0.6) is 0 Å². The van der Waals surface area contributed by atoms with Crippen molar-refractivity contribution in [3.63, 3.8) is 0 Å². The lowest BCUT2D eigenvalue weighted by Gasteiger charge is -2.29. The normalized spacial score (nSPS) is 26.5. The molecule has 2 heterocycles. The molecule has 0 radical (unpaired) electrons. The van der Waals surface area contributed by atoms with Crippen LogP contribution < -0.4 is 5.32 Å². The molecule has 1 atom stereocenters. The SMILES string of the molecule is CN1CCC(c2ccc(C3COCCN3)cc2)CC1. The maximum absolute atomic E-state index is 5.53. The van der Waals surface area contributed by atoms with Gasteiger partial charge in [0.1, 0.15) is 0 Å². The van der Waals surface area contributed by atoms with E-state index in [9.17, 15) is 0 Å². The first-order chi connectivity index (χ1) is 9.33. The van der Waals surface area contributed by atoms with E-state index in [0.29, 0.717) is 6.04 Å². The van der Waals surface area contributed by atoms with Crippen LogP contribution in [0.25, 0.3) is 0 Å². The zero-order valence-corrected chi connectivity index (χ0v) is 11.8. The lowest BCUT2D eigenvalue weighted by Crippen LogP contribution is -2.34. The van der Waals surface area contributed by atoms with E-state index < -0.39 is 0 Å². The topological polar surface area (TPSA) is 24.5 Å². The quantitative estimate of drug-likeness (QED) is 0.882. The van der Waals surface area contributed by atoms with Crippen LogP contribution in [0.2, 0.25) is 0 Å². The number of benzene rings is 1. The number of piperidine rings is 1. The molecule has 0 spiro atoms. The third kappa shape index (κ3) is 3.16. The van der Waals surface area contributed by atoms with Gasteiger partial charge < -0.3 is 15.0 Å². The summed E-state index contributed by atoms with van der Waals surface area (Å²) in [4.78, 5) is 2.42. The monoisotopic (exact) mass is 260 g/mol. The van der Waals surface area contributed by atoms with Crippen LogP contribution in [0.4, 0.5) is 0 Å². The Bertz CT molecular complexity index is 390. The number of likely N-dealkylation sites (tertiary alicyclic amines) is 1. The van der Waals surface area contributed by atoms with Crippen LogP contribution in [0.3, 0.4) is 0 Å². The third-order valence-corrected chi connectivity index (χ3v) is 4.45. The highest BCUT2D eigenvalue weighted by atomic mass is 16.5. The molecule has 0 aliphatic carbocycles. The Morgan fingerprint density at radius 1 is 1.11 bits per heavy atom. The molecule has 1 N–H and O–H groups in total. The highest BCUT2D eigenvalue weighted by Gasteiger charge is 2.19. The van der Waals surface area contributed by atoms with E-state index in [1.54, 1.807) is 0 Å². The van der Waals surface area contributed by atoms with Crippen LogP contribution in [0.1, 0.15) is 35.9 Å². The van der Waals surface area contributed by atoms with Crippen LogP contribution in [0.15, 0.2) is 24.3 Å². The van der Waals surface area contributed by atoms with Gasteiger partial charge in [-0.25, -0.2) is 0 Å². The van der Waals surface area contributed by atoms with Gasteiger partial charge in [0.2, 0.25) is 0 Å². The highest BCUT2D eigenvalue weighted by Crippen LogP contribution is 2.28. The van der Waals surface area contributed by atoms with Crippen LogP contribution in [0, 0.1) is 0 Å². The number of nitrogens with one attached hydrogen (secondary N) is 1. The standard InChI is InChI=1S/C16H24N2O/c1-18-9-6-14(7-10-18)13-2-4-15(5-3-13)16-12-19-11-8-17-16/h2-5,14,16-17H,6-12H2,1H3. The molecular formula is C16H24N2O. The van der Waals surface area contributed by atoms with Crippen LogP contribution >= 0.6 is 0 Å². The van der Waals surface area contributed by atoms with E-state index in [0.717, 1.165) is 25.7 Å². The highest BCUT2D eigenvalue weighted by molar-refractivity contribution is 5.28. The second-order valence-electron chi connectivity index (χ2n) is 5.83. The first kappa shape index (κ1) is 13.1. The second kappa shape index (κ2) is 6.04. The number of nitrogens with zero attached hydrogens (tertiary/aromatic N) is 1.